The molecule has 0 aliphatic carbocycles. The van der Waals surface area contributed by atoms with Crippen LogP contribution in [0.1, 0.15) is 43.0 Å². The standard InChI is InChI=1S/C18H27NO3/c1-15-6-5-12-19(14-15)11-3-4-13-22-17-9-7-16(8-10-17)18(20)21-2/h7-10,15H,3-6,11-14H2,1-2H3. The lowest BCUT2D eigenvalue weighted by Crippen LogP contribution is -2.35. The highest BCUT2D eigenvalue weighted by molar-refractivity contribution is 5.89. The van der Waals surface area contributed by atoms with Crippen molar-refractivity contribution in [3.05, 3.63) is 29.8 Å². The number of hydrogen-bond donors (Lipinski definition) is 0. The number of unbranched alkanes of at least 4 members (excludes halogenated alkanes) is 1. The fraction of sp³-hybridized carbons (Fsp3) is 0.611. The maximum atomic E-state index is 11.3. The van der Waals surface area contributed by atoms with Crippen molar-refractivity contribution in [3.63, 3.8) is 0 Å². The molecule has 22 heavy (non-hydrogen) atoms. The maximum absolute atomic E-state index is 11.3. The first-order valence-corrected chi connectivity index (χ1v) is 8.22. The van der Waals surface area contributed by atoms with Crippen LogP contribution in [0.25, 0.3) is 0 Å². The van der Waals surface area contributed by atoms with E-state index in [2.05, 4.69) is 16.6 Å². The first kappa shape index (κ1) is 16.8. The number of rotatable bonds is 7. The van der Waals surface area contributed by atoms with E-state index in [1.807, 2.05) is 12.1 Å². The smallest absolute Gasteiger partial charge is 0.337 e. The molecule has 0 bridgehead atoms. The molecule has 0 amide bonds. The van der Waals surface area contributed by atoms with Crippen molar-refractivity contribution in [2.75, 3.05) is 33.4 Å². The van der Waals surface area contributed by atoms with E-state index in [0.717, 1.165) is 24.7 Å². The minimum absolute atomic E-state index is 0.317. The predicted octanol–water partition coefficient (Wildman–Crippen LogP) is 3.36. The second kappa shape index (κ2) is 8.79. The molecule has 4 nitrogen and oxygen atoms in total. The summed E-state index contributed by atoms with van der Waals surface area (Å²) in [5.74, 6) is 1.33. The first-order chi connectivity index (χ1) is 10.7. The molecule has 1 atom stereocenters. The zero-order valence-corrected chi connectivity index (χ0v) is 13.7. The molecule has 122 valence electrons. The molecule has 0 spiro atoms. The van der Waals surface area contributed by atoms with Gasteiger partial charge in [0.2, 0.25) is 0 Å². The molecule has 1 unspecified atom stereocenters. The van der Waals surface area contributed by atoms with Crippen molar-refractivity contribution in [1.29, 1.82) is 0 Å². The maximum Gasteiger partial charge on any atom is 0.337 e. The monoisotopic (exact) mass is 305 g/mol. The van der Waals surface area contributed by atoms with Crippen molar-refractivity contribution in [3.8, 4) is 5.75 Å². The number of ether oxygens (including phenoxy) is 2. The van der Waals surface area contributed by atoms with Crippen LogP contribution in [0.2, 0.25) is 0 Å². The normalized spacial score (nSPS) is 18.9. The fourth-order valence-corrected chi connectivity index (χ4v) is 2.92. The summed E-state index contributed by atoms with van der Waals surface area (Å²) in [5.41, 5.74) is 0.550. The number of esters is 1. The summed E-state index contributed by atoms with van der Waals surface area (Å²) in [7, 11) is 1.38. The number of hydrogen-bond acceptors (Lipinski definition) is 4. The fourth-order valence-electron chi connectivity index (χ4n) is 2.92. The number of carbonyl (C=O) groups excluding carboxylic acids is 1. The van der Waals surface area contributed by atoms with Crippen LogP contribution in [-0.4, -0.2) is 44.2 Å². The van der Waals surface area contributed by atoms with Crippen LogP contribution >= 0.6 is 0 Å². The number of nitrogens with zero attached hydrogens (tertiary/aromatic N) is 1. The third kappa shape index (κ3) is 5.34. The lowest BCUT2D eigenvalue weighted by atomic mass is 10.0. The van der Waals surface area contributed by atoms with Gasteiger partial charge in [0.15, 0.2) is 0 Å². The van der Waals surface area contributed by atoms with Gasteiger partial charge in [0, 0.05) is 6.54 Å². The highest BCUT2D eigenvalue weighted by atomic mass is 16.5. The average molecular weight is 305 g/mol. The molecule has 2 rings (SSSR count). The van der Waals surface area contributed by atoms with Gasteiger partial charge in [0.25, 0.3) is 0 Å². The van der Waals surface area contributed by atoms with Crippen molar-refractivity contribution < 1.29 is 14.3 Å². The molecule has 1 aromatic rings. The Morgan fingerprint density at radius 1 is 1.27 bits per heavy atom. The van der Waals surface area contributed by atoms with E-state index in [0.29, 0.717) is 5.56 Å². The van der Waals surface area contributed by atoms with Crippen LogP contribution in [0.4, 0.5) is 0 Å². The van der Waals surface area contributed by atoms with Crippen molar-refractivity contribution in [2.24, 2.45) is 5.92 Å². The van der Waals surface area contributed by atoms with Gasteiger partial charge in [-0.3, -0.25) is 0 Å². The molecule has 0 N–H and O–H groups in total. The van der Waals surface area contributed by atoms with Gasteiger partial charge in [0.05, 0.1) is 19.3 Å². The van der Waals surface area contributed by atoms with E-state index in [4.69, 9.17) is 4.74 Å². The Bertz CT molecular complexity index is 458. The van der Waals surface area contributed by atoms with Gasteiger partial charge < -0.3 is 14.4 Å². The lowest BCUT2D eigenvalue weighted by molar-refractivity contribution is 0.0600. The molecule has 0 radical (unpaired) electrons. The van der Waals surface area contributed by atoms with Crippen LogP contribution in [0.3, 0.4) is 0 Å². The molecule has 1 aliphatic rings. The van der Waals surface area contributed by atoms with Crippen LogP contribution in [-0.2, 0) is 4.74 Å². The van der Waals surface area contributed by atoms with Gasteiger partial charge in [0.1, 0.15) is 5.75 Å². The number of piperidine rings is 1. The Morgan fingerprint density at radius 3 is 2.73 bits per heavy atom. The van der Waals surface area contributed by atoms with Gasteiger partial charge in [-0.15, -0.1) is 0 Å². The van der Waals surface area contributed by atoms with E-state index in [9.17, 15) is 4.79 Å². The van der Waals surface area contributed by atoms with Gasteiger partial charge >= 0.3 is 5.97 Å². The molecule has 1 aromatic carbocycles. The number of carbonyl (C=O) groups is 1. The van der Waals surface area contributed by atoms with E-state index in [-0.39, 0.29) is 5.97 Å². The van der Waals surface area contributed by atoms with E-state index in [1.54, 1.807) is 12.1 Å². The minimum atomic E-state index is -0.317. The highest BCUT2D eigenvalue weighted by Gasteiger charge is 2.15. The molecule has 4 heteroatoms. The van der Waals surface area contributed by atoms with E-state index >= 15 is 0 Å². The van der Waals surface area contributed by atoms with Gasteiger partial charge in [-0.2, -0.15) is 0 Å². The molecule has 1 saturated heterocycles. The average Bonchev–Trinajstić information content (AvgIpc) is 2.54. The molecular formula is C18H27NO3. The first-order valence-electron chi connectivity index (χ1n) is 8.22. The van der Waals surface area contributed by atoms with Crippen LogP contribution in [0.15, 0.2) is 24.3 Å². The summed E-state index contributed by atoms with van der Waals surface area (Å²) in [4.78, 5) is 13.9. The van der Waals surface area contributed by atoms with Crippen molar-refractivity contribution in [2.45, 2.75) is 32.6 Å². The summed E-state index contributed by atoms with van der Waals surface area (Å²) < 4.78 is 10.4. The molecule has 0 aromatic heterocycles. The second-order valence-corrected chi connectivity index (χ2v) is 6.12. The third-order valence-corrected chi connectivity index (χ3v) is 4.15. The quantitative estimate of drug-likeness (QED) is 0.572. The topological polar surface area (TPSA) is 38.8 Å². The molecule has 1 fully saturated rings. The van der Waals surface area contributed by atoms with Crippen molar-refractivity contribution >= 4 is 5.97 Å². The van der Waals surface area contributed by atoms with Gasteiger partial charge in [-0.25, -0.2) is 4.79 Å². The van der Waals surface area contributed by atoms with Crippen molar-refractivity contribution in [1.82, 2.24) is 4.90 Å². The summed E-state index contributed by atoms with van der Waals surface area (Å²) in [6, 6.07) is 7.10. The van der Waals surface area contributed by atoms with E-state index < -0.39 is 0 Å². The summed E-state index contributed by atoms with van der Waals surface area (Å²) in [5, 5.41) is 0. The lowest BCUT2D eigenvalue weighted by Gasteiger charge is -2.30. The molecule has 1 aliphatic heterocycles. The Labute approximate surface area is 133 Å². The number of likely N-dealkylation sites (tertiary alicyclic amines) is 1. The van der Waals surface area contributed by atoms with E-state index in [1.165, 1.54) is 46.0 Å². The number of benzene rings is 1. The Kier molecular flexibility index (Phi) is 6.72. The summed E-state index contributed by atoms with van der Waals surface area (Å²) >= 11 is 0. The molecular weight excluding hydrogens is 278 g/mol. The summed E-state index contributed by atoms with van der Waals surface area (Å²) in [6.45, 7) is 6.74. The van der Waals surface area contributed by atoms with Crippen LogP contribution < -0.4 is 4.74 Å². The van der Waals surface area contributed by atoms with Gasteiger partial charge in [-0.1, -0.05) is 6.92 Å². The Balaban J connectivity index is 1.61. The molecule has 1 heterocycles. The Morgan fingerprint density at radius 2 is 2.05 bits per heavy atom. The van der Waals surface area contributed by atoms with Crippen LogP contribution in [0.5, 0.6) is 5.75 Å². The molecule has 0 saturated carbocycles. The SMILES string of the molecule is COC(=O)c1ccc(OCCCCN2CCCC(C)C2)cc1. The number of methoxy groups -OCH3 is 1. The Hall–Kier alpha value is -1.55. The zero-order valence-electron chi connectivity index (χ0n) is 13.7. The second-order valence-electron chi connectivity index (χ2n) is 6.12. The third-order valence-electron chi connectivity index (χ3n) is 4.15. The highest BCUT2D eigenvalue weighted by Crippen LogP contribution is 2.16. The minimum Gasteiger partial charge on any atom is -0.494 e. The zero-order chi connectivity index (χ0) is 15.8. The largest absolute Gasteiger partial charge is 0.494 e. The predicted molar refractivity (Wildman–Crippen MR) is 87.3 cm³/mol. The summed E-state index contributed by atoms with van der Waals surface area (Å²) in [6.07, 6.45) is 4.95. The van der Waals surface area contributed by atoms with Crippen LogP contribution in [0, 0.1) is 5.92 Å². The van der Waals surface area contributed by atoms with Gasteiger partial charge in [-0.05, 0) is 69.0 Å².